The first-order valence-corrected chi connectivity index (χ1v) is 9.31. The van der Waals surface area contributed by atoms with Crippen molar-refractivity contribution in [2.75, 3.05) is 6.61 Å². The van der Waals surface area contributed by atoms with Crippen molar-refractivity contribution in [3.05, 3.63) is 77.1 Å². The van der Waals surface area contributed by atoms with E-state index in [1.54, 1.807) is 18.2 Å². The molecule has 4 rings (SSSR count). The fourth-order valence-electron chi connectivity index (χ4n) is 2.95. The van der Waals surface area contributed by atoms with Gasteiger partial charge in [0.05, 0.1) is 11.6 Å². The molecule has 0 saturated heterocycles. The van der Waals surface area contributed by atoms with E-state index in [-0.39, 0.29) is 10.8 Å². The summed E-state index contributed by atoms with van der Waals surface area (Å²) in [6.45, 7) is 2.28. The third kappa shape index (κ3) is 3.73. The first kappa shape index (κ1) is 18.1. The van der Waals surface area contributed by atoms with Gasteiger partial charge < -0.3 is 14.3 Å². The van der Waals surface area contributed by atoms with Crippen molar-refractivity contribution >= 4 is 34.9 Å². The maximum Gasteiger partial charge on any atom is 0.220 e. The third-order valence-electron chi connectivity index (χ3n) is 4.28. The Bertz CT molecular complexity index is 1150. The number of phenolic OH excluding ortho intramolecular Hbond substituents is 1. The summed E-state index contributed by atoms with van der Waals surface area (Å²) < 4.78 is 11.2. The molecule has 5 heteroatoms. The highest BCUT2D eigenvalue weighted by Crippen LogP contribution is 2.35. The van der Waals surface area contributed by atoms with E-state index in [1.165, 1.54) is 0 Å². The normalized spacial score (nSPS) is 11.4. The van der Waals surface area contributed by atoms with Gasteiger partial charge in [0.1, 0.15) is 5.52 Å². The topological polar surface area (TPSA) is 55.5 Å². The fourth-order valence-corrected chi connectivity index (χ4v) is 3.17. The lowest BCUT2D eigenvalue weighted by molar-refractivity contribution is 0.318. The van der Waals surface area contributed by atoms with E-state index in [4.69, 9.17) is 20.8 Å². The molecule has 140 valence electrons. The Hall–Kier alpha value is -3.24. The lowest BCUT2D eigenvalue weighted by Crippen LogP contribution is -1.92. The highest BCUT2D eigenvalue weighted by molar-refractivity contribution is 6.32. The van der Waals surface area contributed by atoms with Gasteiger partial charge >= 0.3 is 0 Å². The molecule has 0 aliphatic heterocycles. The average Bonchev–Trinajstić information content (AvgIpc) is 3.13. The maximum absolute atomic E-state index is 9.94. The molecule has 0 unspecified atom stereocenters. The molecule has 0 atom stereocenters. The van der Waals surface area contributed by atoms with Gasteiger partial charge in [0.25, 0.3) is 0 Å². The Kier molecular flexibility index (Phi) is 5.04. The smallest absolute Gasteiger partial charge is 0.220 e. The molecule has 1 N–H and O–H groups in total. The predicted molar refractivity (Wildman–Crippen MR) is 113 cm³/mol. The first-order valence-electron chi connectivity index (χ1n) is 8.93. The summed E-state index contributed by atoms with van der Waals surface area (Å²) in [5, 5.41) is 10.2. The van der Waals surface area contributed by atoms with Gasteiger partial charge in [-0.1, -0.05) is 48.0 Å². The van der Waals surface area contributed by atoms with E-state index in [1.807, 2.05) is 49.4 Å². The van der Waals surface area contributed by atoms with Crippen molar-refractivity contribution in [1.29, 1.82) is 0 Å². The summed E-state index contributed by atoms with van der Waals surface area (Å²) in [7, 11) is 0. The SMILES string of the molecule is CCOc1cc(/C=C/c2nc3cc(-c4ccccc4)ccc3o2)cc(Cl)c1O. The predicted octanol–water partition coefficient (Wildman–Crippen LogP) is 6.42. The number of halogens is 1. The molecule has 4 nitrogen and oxygen atoms in total. The van der Waals surface area contributed by atoms with Gasteiger partial charge in [-0.05, 0) is 54.0 Å². The quantitative estimate of drug-likeness (QED) is 0.426. The van der Waals surface area contributed by atoms with Gasteiger partial charge in [-0.15, -0.1) is 0 Å². The molecule has 0 fully saturated rings. The summed E-state index contributed by atoms with van der Waals surface area (Å²) in [5.41, 5.74) is 4.51. The van der Waals surface area contributed by atoms with Crippen LogP contribution < -0.4 is 4.74 Å². The van der Waals surface area contributed by atoms with Gasteiger partial charge in [0.15, 0.2) is 17.1 Å². The number of hydrogen-bond acceptors (Lipinski definition) is 4. The molecular formula is C23H18ClNO3. The number of fused-ring (bicyclic) bond motifs is 1. The van der Waals surface area contributed by atoms with Crippen molar-refractivity contribution in [3.63, 3.8) is 0 Å². The fraction of sp³-hybridized carbons (Fsp3) is 0.0870. The van der Waals surface area contributed by atoms with E-state index in [2.05, 4.69) is 17.1 Å². The van der Waals surface area contributed by atoms with E-state index < -0.39 is 0 Å². The number of oxazole rings is 1. The average molecular weight is 392 g/mol. The summed E-state index contributed by atoms with van der Waals surface area (Å²) in [5.74, 6) is 0.776. The Labute approximate surface area is 167 Å². The third-order valence-corrected chi connectivity index (χ3v) is 4.57. The van der Waals surface area contributed by atoms with Crippen LogP contribution in [0.1, 0.15) is 18.4 Å². The Morgan fingerprint density at radius 1 is 1.04 bits per heavy atom. The minimum atomic E-state index is -0.0593. The molecule has 0 bridgehead atoms. The van der Waals surface area contributed by atoms with Crippen LogP contribution in [-0.4, -0.2) is 16.7 Å². The van der Waals surface area contributed by atoms with Gasteiger partial charge in [0.2, 0.25) is 5.89 Å². The van der Waals surface area contributed by atoms with Gasteiger partial charge in [-0.2, -0.15) is 0 Å². The molecule has 28 heavy (non-hydrogen) atoms. The molecule has 0 aliphatic carbocycles. The molecule has 1 heterocycles. The number of benzene rings is 3. The van der Waals surface area contributed by atoms with Crippen LogP contribution in [0.25, 0.3) is 34.4 Å². The van der Waals surface area contributed by atoms with Crippen LogP contribution in [0.3, 0.4) is 0 Å². The molecule has 0 spiro atoms. The van der Waals surface area contributed by atoms with Crippen LogP contribution in [0, 0.1) is 0 Å². The van der Waals surface area contributed by atoms with Gasteiger partial charge in [-0.25, -0.2) is 4.98 Å². The van der Waals surface area contributed by atoms with Crippen LogP contribution >= 0.6 is 11.6 Å². The van der Waals surface area contributed by atoms with E-state index in [0.29, 0.717) is 18.2 Å². The number of aromatic nitrogens is 1. The number of nitrogens with zero attached hydrogens (tertiary/aromatic N) is 1. The van der Waals surface area contributed by atoms with Crippen LogP contribution in [0.2, 0.25) is 5.02 Å². The second-order valence-corrected chi connectivity index (χ2v) is 6.62. The minimum absolute atomic E-state index is 0.0593. The van der Waals surface area contributed by atoms with Crippen molar-refractivity contribution in [3.8, 4) is 22.6 Å². The van der Waals surface area contributed by atoms with Crippen molar-refractivity contribution in [1.82, 2.24) is 4.98 Å². The second kappa shape index (κ2) is 7.79. The molecule has 3 aromatic carbocycles. The highest BCUT2D eigenvalue weighted by atomic mass is 35.5. The van der Waals surface area contributed by atoms with Crippen LogP contribution in [0.4, 0.5) is 0 Å². The molecule has 0 saturated carbocycles. The lowest BCUT2D eigenvalue weighted by atomic mass is 10.1. The van der Waals surface area contributed by atoms with Crippen molar-refractivity contribution in [2.45, 2.75) is 6.92 Å². The van der Waals surface area contributed by atoms with Gasteiger partial charge in [-0.3, -0.25) is 0 Å². The Morgan fingerprint density at radius 2 is 1.86 bits per heavy atom. The van der Waals surface area contributed by atoms with Crippen LogP contribution in [-0.2, 0) is 0 Å². The molecule has 0 aliphatic rings. The Balaban J connectivity index is 1.63. The number of aromatic hydroxyl groups is 1. The monoisotopic (exact) mass is 391 g/mol. The van der Waals surface area contributed by atoms with Crippen molar-refractivity contribution < 1.29 is 14.3 Å². The highest BCUT2D eigenvalue weighted by Gasteiger charge is 2.09. The van der Waals surface area contributed by atoms with E-state index >= 15 is 0 Å². The molecular weight excluding hydrogens is 374 g/mol. The summed E-state index contributed by atoms with van der Waals surface area (Å²) in [6.07, 6.45) is 3.58. The largest absolute Gasteiger partial charge is 0.503 e. The summed E-state index contributed by atoms with van der Waals surface area (Å²) in [4.78, 5) is 4.55. The van der Waals surface area contributed by atoms with E-state index in [9.17, 15) is 5.11 Å². The second-order valence-electron chi connectivity index (χ2n) is 6.22. The first-order chi connectivity index (χ1) is 13.6. The molecule has 1 aromatic heterocycles. The zero-order valence-electron chi connectivity index (χ0n) is 15.2. The maximum atomic E-state index is 9.94. The summed E-state index contributed by atoms with van der Waals surface area (Å²) >= 11 is 6.07. The molecule has 0 amide bonds. The van der Waals surface area contributed by atoms with Crippen LogP contribution in [0.15, 0.2) is 65.1 Å². The minimum Gasteiger partial charge on any atom is -0.503 e. The van der Waals surface area contributed by atoms with E-state index in [0.717, 1.165) is 27.8 Å². The summed E-state index contributed by atoms with van der Waals surface area (Å²) in [6, 6.07) is 19.5. The zero-order valence-corrected chi connectivity index (χ0v) is 16.0. The number of rotatable bonds is 5. The molecule has 4 aromatic rings. The standard InChI is InChI=1S/C23H18ClNO3/c1-2-27-21-13-15(12-18(24)23(21)26)8-11-22-25-19-14-17(9-10-20(19)28-22)16-6-4-3-5-7-16/h3-14,26H,2H2,1H3/b11-8+. The number of phenols is 1. The number of hydrogen-bond donors (Lipinski definition) is 1. The van der Waals surface area contributed by atoms with Crippen molar-refractivity contribution in [2.24, 2.45) is 0 Å². The van der Waals surface area contributed by atoms with Gasteiger partial charge in [0, 0.05) is 6.08 Å². The molecule has 0 radical (unpaired) electrons. The van der Waals surface area contributed by atoms with Crippen LogP contribution in [0.5, 0.6) is 11.5 Å². The zero-order chi connectivity index (χ0) is 19.5. The lowest BCUT2D eigenvalue weighted by Gasteiger charge is -2.08. The Morgan fingerprint density at radius 3 is 2.64 bits per heavy atom. The number of ether oxygens (including phenoxy) is 1.